The lowest BCUT2D eigenvalue weighted by molar-refractivity contribution is 0.204. The Bertz CT molecular complexity index is 367. The van der Waals surface area contributed by atoms with Crippen LogP contribution in [0.1, 0.15) is 25.8 Å². The second-order valence-electron chi connectivity index (χ2n) is 4.47. The fourth-order valence-electron chi connectivity index (χ4n) is 1.72. The van der Waals surface area contributed by atoms with Crippen LogP contribution in [0.4, 0.5) is 0 Å². The smallest absolute Gasteiger partial charge is 0.105 e. The molecular weight excluding hydrogens is 291 g/mol. The molecule has 0 saturated heterocycles. The fraction of sp³-hybridized carbons (Fsp3) is 0.500. The lowest BCUT2D eigenvalue weighted by Crippen LogP contribution is -2.15. The van der Waals surface area contributed by atoms with Gasteiger partial charge >= 0.3 is 0 Å². The third-order valence-corrected chi connectivity index (χ3v) is 3.77. The van der Waals surface area contributed by atoms with E-state index >= 15 is 0 Å². The maximum Gasteiger partial charge on any atom is 0.105 e. The van der Waals surface area contributed by atoms with E-state index in [9.17, 15) is 0 Å². The molecule has 1 nitrogen and oxygen atoms in total. The summed E-state index contributed by atoms with van der Waals surface area (Å²) in [6.07, 6.45) is 0.696. The van der Waals surface area contributed by atoms with Gasteiger partial charge in [0.25, 0.3) is 0 Å². The van der Waals surface area contributed by atoms with Crippen LogP contribution >= 0.6 is 30.0 Å². The maximum absolute atomic E-state index is 5.86. The summed E-state index contributed by atoms with van der Waals surface area (Å²) in [4.78, 5) is 0. The molecule has 0 spiro atoms. The van der Waals surface area contributed by atoms with E-state index in [2.05, 4.69) is 26.1 Å². The zero-order valence-electron chi connectivity index (χ0n) is 10.0. The Morgan fingerprint density at radius 3 is 2.41 bits per heavy atom. The van der Waals surface area contributed by atoms with E-state index in [0.717, 1.165) is 17.9 Å². The van der Waals surface area contributed by atoms with Crippen molar-refractivity contribution in [3.8, 4) is 0 Å². The Kier molecular flexibility index (Phi) is 7.13. The summed E-state index contributed by atoms with van der Waals surface area (Å²) in [6, 6.07) is 7.88. The van der Waals surface area contributed by atoms with Crippen molar-refractivity contribution < 1.29 is 4.52 Å². The van der Waals surface area contributed by atoms with E-state index in [0.29, 0.717) is 5.92 Å². The Morgan fingerprint density at radius 1 is 1.35 bits per heavy atom. The standard InChI is InChI=1S/C12H18ClOPS2/c1-9(2)7-12(14-15(16)17)8-10-3-5-11(13)6-4-10/h3-6,9,12,15H,7-8H2,1-2H3,(H,16,17). The molecule has 0 aliphatic rings. The summed E-state index contributed by atoms with van der Waals surface area (Å²) in [5.41, 5.74) is 1.23. The van der Waals surface area contributed by atoms with Gasteiger partial charge in [-0.05, 0) is 36.5 Å². The molecule has 2 atom stereocenters. The second-order valence-corrected chi connectivity index (χ2v) is 8.91. The Morgan fingerprint density at radius 2 is 1.94 bits per heavy atom. The highest BCUT2D eigenvalue weighted by atomic mass is 35.5. The van der Waals surface area contributed by atoms with Gasteiger partial charge in [0.05, 0.1) is 6.10 Å². The van der Waals surface area contributed by atoms with Gasteiger partial charge in [-0.25, -0.2) is 0 Å². The molecule has 1 rings (SSSR count). The topological polar surface area (TPSA) is 9.23 Å². The van der Waals surface area contributed by atoms with Crippen LogP contribution in [0.3, 0.4) is 0 Å². The van der Waals surface area contributed by atoms with E-state index in [1.165, 1.54) is 5.56 Å². The van der Waals surface area contributed by atoms with Crippen LogP contribution in [0.2, 0.25) is 5.02 Å². The van der Waals surface area contributed by atoms with Crippen LogP contribution in [0.25, 0.3) is 0 Å². The van der Waals surface area contributed by atoms with Gasteiger partial charge in [-0.2, -0.15) is 0 Å². The highest BCUT2D eigenvalue weighted by molar-refractivity contribution is 8.54. The predicted molar refractivity (Wildman–Crippen MR) is 84.2 cm³/mol. The van der Waals surface area contributed by atoms with E-state index in [-0.39, 0.29) is 6.10 Å². The van der Waals surface area contributed by atoms with E-state index < -0.39 is 6.13 Å². The molecule has 17 heavy (non-hydrogen) atoms. The molecular formula is C12H18ClOPS2. The number of rotatable bonds is 6. The minimum atomic E-state index is -1.35. The third kappa shape index (κ3) is 6.83. The highest BCUT2D eigenvalue weighted by Gasteiger charge is 2.13. The highest BCUT2D eigenvalue weighted by Crippen LogP contribution is 2.32. The van der Waals surface area contributed by atoms with E-state index in [1.807, 2.05) is 24.3 Å². The first-order chi connectivity index (χ1) is 7.97. The van der Waals surface area contributed by atoms with Crippen molar-refractivity contribution in [2.45, 2.75) is 32.8 Å². The first-order valence-corrected chi connectivity index (χ1v) is 9.82. The Labute approximate surface area is 120 Å². The maximum atomic E-state index is 5.86. The van der Waals surface area contributed by atoms with Crippen molar-refractivity contribution in [3.63, 3.8) is 0 Å². The average Bonchev–Trinajstić information content (AvgIpc) is 2.19. The van der Waals surface area contributed by atoms with E-state index in [1.54, 1.807) is 0 Å². The molecule has 0 fully saturated rings. The zero-order chi connectivity index (χ0) is 12.8. The van der Waals surface area contributed by atoms with Crippen molar-refractivity contribution in [3.05, 3.63) is 34.9 Å². The third-order valence-electron chi connectivity index (χ3n) is 2.38. The molecule has 1 aromatic carbocycles. The Hall–Kier alpha value is 0.470. The molecule has 0 aliphatic carbocycles. The normalized spacial score (nSPS) is 14.9. The van der Waals surface area contributed by atoms with Crippen LogP contribution in [-0.4, -0.2) is 6.10 Å². The number of hydrogen-bond acceptors (Lipinski definition) is 2. The monoisotopic (exact) mass is 308 g/mol. The molecule has 0 N–H and O–H groups in total. The van der Waals surface area contributed by atoms with Crippen molar-refractivity contribution in [2.75, 3.05) is 0 Å². The summed E-state index contributed by atoms with van der Waals surface area (Å²) < 4.78 is 5.74. The van der Waals surface area contributed by atoms with Gasteiger partial charge in [-0.1, -0.05) is 49.4 Å². The molecule has 0 aromatic heterocycles. The SMILES string of the molecule is CC(C)CC(Cc1ccc(Cl)cc1)O[PH](=S)S. The first-order valence-electron chi connectivity index (χ1n) is 5.61. The fourth-order valence-corrected chi connectivity index (χ4v) is 3.17. The predicted octanol–water partition coefficient (Wildman–Crippen LogP) is 4.75. The minimum absolute atomic E-state index is 0.167. The summed E-state index contributed by atoms with van der Waals surface area (Å²) in [5.74, 6) is 0.594. The minimum Gasteiger partial charge on any atom is -0.341 e. The van der Waals surface area contributed by atoms with Gasteiger partial charge < -0.3 is 4.52 Å². The molecule has 96 valence electrons. The summed E-state index contributed by atoms with van der Waals surface area (Å²) in [7, 11) is 0. The molecule has 0 saturated carbocycles. The largest absolute Gasteiger partial charge is 0.341 e. The average molecular weight is 309 g/mol. The second kappa shape index (κ2) is 7.81. The molecule has 0 bridgehead atoms. The molecule has 0 radical (unpaired) electrons. The lowest BCUT2D eigenvalue weighted by Gasteiger charge is -2.19. The number of hydrogen-bond donors (Lipinski definition) is 1. The first kappa shape index (κ1) is 15.5. The summed E-state index contributed by atoms with van der Waals surface area (Å²) in [5, 5.41) is 0.761. The summed E-state index contributed by atoms with van der Waals surface area (Å²) in [6.45, 7) is 4.37. The van der Waals surface area contributed by atoms with Gasteiger partial charge in [0.1, 0.15) is 6.13 Å². The molecule has 2 unspecified atom stereocenters. The van der Waals surface area contributed by atoms with Gasteiger partial charge in [-0.15, -0.1) is 12.2 Å². The molecule has 0 heterocycles. The molecule has 5 heteroatoms. The number of thiol groups is 1. The van der Waals surface area contributed by atoms with Crippen molar-refractivity contribution in [1.82, 2.24) is 0 Å². The van der Waals surface area contributed by atoms with Gasteiger partial charge in [0.2, 0.25) is 0 Å². The molecule has 0 aliphatic heterocycles. The summed E-state index contributed by atoms with van der Waals surface area (Å²) >= 11 is 15.1. The quantitative estimate of drug-likeness (QED) is 0.600. The van der Waals surface area contributed by atoms with Crippen molar-refractivity contribution in [2.24, 2.45) is 5.92 Å². The van der Waals surface area contributed by atoms with Crippen LogP contribution < -0.4 is 0 Å². The lowest BCUT2D eigenvalue weighted by atomic mass is 10.00. The molecule has 0 amide bonds. The van der Waals surface area contributed by atoms with Gasteiger partial charge in [0.15, 0.2) is 0 Å². The molecule has 1 aromatic rings. The zero-order valence-corrected chi connectivity index (χ0v) is 13.5. The Balaban J connectivity index is 2.64. The van der Waals surface area contributed by atoms with E-state index in [4.69, 9.17) is 27.9 Å². The van der Waals surface area contributed by atoms with Crippen molar-refractivity contribution >= 4 is 41.8 Å². The van der Waals surface area contributed by atoms with Crippen LogP contribution in [0.5, 0.6) is 0 Å². The van der Waals surface area contributed by atoms with Crippen LogP contribution in [0, 0.1) is 5.92 Å². The van der Waals surface area contributed by atoms with Crippen LogP contribution in [0.15, 0.2) is 24.3 Å². The number of benzene rings is 1. The number of halogens is 1. The van der Waals surface area contributed by atoms with Gasteiger partial charge in [-0.3, -0.25) is 0 Å². The van der Waals surface area contributed by atoms with Gasteiger partial charge in [0, 0.05) is 5.02 Å². The van der Waals surface area contributed by atoms with Crippen molar-refractivity contribution in [1.29, 1.82) is 0 Å². The van der Waals surface area contributed by atoms with Crippen LogP contribution in [-0.2, 0) is 22.8 Å².